The highest BCUT2D eigenvalue weighted by Crippen LogP contribution is 2.15. The second kappa shape index (κ2) is 8.97. The zero-order valence-corrected chi connectivity index (χ0v) is 14.0. The highest BCUT2D eigenvalue weighted by Gasteiger charge is 2.18. The molecule has 0 aromatic carbocycles. The summed E-state index contributed by atoms with van der Waals surface area (Å²) in [5.41, 5.74) is 0. The first-order chi connectivity index (χ1) is 9.39. The second-order valence-corrected chi connectivity index (χ2v) is 8.16. The Bertz CT molecular complexity index is 349. The molecule has 0 spiro atoms. The van der Waals surface area contributed by atoms with Gasteiger partial charge in [0.2, 0.25) is 10.0 Å². The summed E-state index contributed by atoms with van der Waals surface area (Å²) in [6.45, 7) is 7.85. The third-order valence-corrected chi connectivity index (χ3v) is 5.26. The maximum atomic E-state index is 11.9. The van der Waals surface area contributed by atoms with Gasteiger partial charge >= 0.3 is 0 Å². The Morgan fingerprint density at radius 1 is 1.20 bits per heavy atom. The van der Waals surface area contributed by atoms with Crippen LogP contribution in [0.4, 0.5) is 0 Å². The van der Waals surface area contributed by atoms with Crippen LogP contribution in [0.5, 0.6) is 0 Å². The molecule has 0 aromatic heterocycles. The average Bonchev–Trinajstić information content (AvgIpc) is 2.37. The van der Waals surface area contributed by atoms with Crippen LogP contribution in [0.3, 0.4) is 0 Å². The van der Waals surface area contributed by atoms with Gasteiger partial charge in [-0.05, 0) is 58.3 Å². The van der Waals surface area contributed by atoms with Gasteiger partial charge in [0.05, 0.1) is 5.75 Å². The molecule has 5 nitrogen and oxygen atoms in total. The number of rotatable bonds is 9. The van der Waals surface area contributed by atoms with E-state index >= 15 is 0 Å². The van der Waals surface area contributed by atoms with E-state index in [1.807, 2.05) is 0 Å². The zero-order valence-electron chi connectivity index (χ0n) is 13.2. The average molecular weight is 305 g/mol. The molecule has 0 aromatic rings. The smallest absolute Gasteiger partial charge is 0.211 e. The first-order valence-electron chi connectivity index (χ1n) is 7.78. The van der Waals surface area contributed by atoms with Crippen molar-refractivity contribution in [2.75, 3.05) is 39.0 Å². The summed E-state index contributed by atoms with van der Waals surface area (Å²) in [4.78, 5) is 2.30. The Morgan fingerprint density at radius 2 is 1.85 bits per heavy atom. The minimum Gasteiger partial charge on any atom is -0.315 e. The number of nitrogens with zero attached hydrogens (tertiary/aromatic N) is 1. The molecular weight excluding hydrogens is 274 g/mol. The van der Waals surface area contributed by atoms with Crippen molar-refractivity contribution in [2.45, 2.75) is 45.6 Å². The van der Waals surface area contributed by atoms with Crippen molar-refractivity contribution >= 4 is 10.0 Å². The van der Waals surface area contributed by atoms with Gasteiger partial charge in [0.15, 0.2) is 0 Å². The fraction of sp³-hybridized carbons (Fsp3) is 1.00. The van der Waals surface area contributed by atoms with E-state index in [1.54, 1.807) is 0 Å². The van der Waals surface area contributed by atoms with Crippen molar-refractivity contribution in [3.8, 4) is 0 Å². The van der Waals surface area contributed by atoms with E-state index in [4.69, 9.17) is 0 Å². The minimum atomic E-state index is -3.09. The van der Waals surface area contributed by atoms with Gasteiger partial charge in [-0.25, -0.2) is 13.1 Å². The number of nitrogens with one attached hydrogen (secondary N) is 2. The van der Waals surface area contributed by atoms with Crippen molar-refractivity contribution in [1.82, 2.24) is 14.9 Å². The van der Waals surface area contributed by atoms with Gasteiger partial charge in [0.1, 0.15) is 0 Å². The molecule has 1 aliphatic heterocycles. The normalized spacial score (nSPS) is 18.8. The van der Waals surface area contributed by atoms with Gasteiger partial charge in [-0.2, -0.15) is 0 Å². The molecule has 6 heteroatoms. The fourth-order valence-corrected chi connectivity index (χ4v) is 3.61. The zero-order chi connectivity index (χ0) is 15.0. The van der Waals surface area contributed by atoms with Gasteiger partial charge in [-0.1, -0.05) is 13.8 Å². The van der Waals surface area contributed by atoms with Crippen LogP contribution in [0, 0.1) is 5.92 Å². The van der Waals surface area contributed by atoms with Crippen LogP contribution in [-0.2, 0) is 10.0 Å². The van der Waals surface area contributed by atoms with Gasteiger partial charge in [-0.3, -0.25) is 0 Å². The number of hydrogen-bond acceptors (Lipinski definition) is 4. The third-order valence-electron chi connectivity index (χ3n) is 3.82. The lowest BCUT2D eigenvalue weighted by Crippen LogP contribution is -2.37. The summed E-state index contributed by atoms with van der Waals surface area (Å²) in [5.74, 6) is 0.753. The molecule has 0 saturated carbocycles. The van der Waals surface area contributed by atoms with Crippen molar-refractivity contribution < 1.29 is 8.42 Å². The standard InChI is InChI=1S/C14H31N3O2S/c1-13(2)15-8-4-5-11-20(18,19)16-12-14-6-9-17(3)10-7-14/h13-16H,4-12H2,1-3H3. The molecular formula is C14H31N3O2S. The lowest BCUT2D eigenvalue weighted by atomic mass is 9.98. The fourth-order valence-electron chi connectivity index (χ4n) is 2.39. The monoisotopic (exact) mass is 305 g/mol. The topological polar surface area (TPSA) is 61.4 Å². The van der Waals surface area contributed by atoms with E-state index in [0.717, 1.165) is 45.3 Å². The van der Waals surface area contributed by atoms with E-state index in [2.05, 4.69) is 35.8 Å². The molecule has 0 bridgehead atoms. The molecule has 0 radical (unpaired) electrons. The Labute approximate surface area is 124 Å². The van der Waals surface area contributed by atoms with E-state index in [1.165, 1.54) is 0 Å². The maximum Gasteiger partial charge on any atom is 0.211 e. The van der Waals surface area contributed by atoms with Crippen LogP contribution < -0.4 is 10.0 Å². The van der Waals surface area contributed by atoms with Crippen LogP contribution in [0.15, 0.2) is 0 Å². The molecule has 1 aliphatic rings. The Hall–Kier alpha value is -0.170. The van der Waals surface area contributed by atoms with E-state index in [-0.39, 0.29) is 5.75 Å². The molecule has 1 fully saturated rings. The van der Waals surface area contributed by atoms with Crippen molar-refractivity contribution in [3.63, 3.8) is 0 Å². The number of unbranched alkanes of at least 4 members (excludes halogenated alkanes) is 1. The molecule has 20 heavy (non-hydrogen) atoms. The summed E-state index contributed by atoms with van der Waals surface area (Å²) in [5, 5.41) is 3.30. The first kappa shape index (κ1) is 17.9. The van der Waals surface area contributed by atoms with Crippen LogP contribution in [0.2, 0.25) is 0 Å². The Morgan fingerprint density at radius 3 is 2.45 bits per heavy atom. The highest BCUT2D eigenvalue weighted by atomic mass is 32.2. The third kappa shape index (κ3) is 8.19. The molecule has 0 atom stereocenters. The van der Waals surface area contributed by atoms with Crippen molar-refractivity contribution in [1.29, 1.82) is 0 Å². The molecule has 2 N–H and O–H groups in total. The number of likely N-dealkylation sites (tertiary alicyclic amines) is 1. The lowest BCUT2D eigenvalue weighted by molar-refractivity contribution is 0.220. The molecule has 120 valence electrons. The van der Waals surface area contributed by atoms with E-state index in [9.17, 15) is 8.42 Å². The summed E-state index contributed by atoms with van der Waals surface area (Å²) < 4.78 is 26.6. The summed E-state index contributed by atoms with van der Waals surface area (Å²) >= 11 is 0. The predicted molar refractivity (Wildman–Crippen MR) is 84.4 cm³/mol. The number of piperidine rings is 1. The molecule has 1 rings (SSSR count). The van der Waals surface area contributed by atoms with E-state index in [0.29, 0.717) is 18.5 Å². The SMILES string of the molecule is CC(C)NCCCCS(=O)(=O)NCC1CCN(C)CC1. The van der Waals surface area contributed by atoms with E-state index < -0.39 is 10.0 Å². The van der Waals surface area contributed by atoms with Crippen LogP contribution >= 0.6 is 0 Å². The molecule has 0 amide bonds. The van der Waals surface area contributed by atoms with Gasteiger partial charge in [-0.15, -0.1) is 0 Å². The summed E-state index contributed by atoms with van der Waals surface area (Å²) in [6.07, 6.45) is 3.82. The summed E-state index contributed by atoms with van der Waals surface area (Å²) in [7, 11) is -0.970. The Kier molecular flexibility index (Phi) is 8.02. The predicted octanol–water partition coefficient (Wildman–Crippen LogP) is 1.03. The van der Waals surface area contributed by atoms with Crippen molar-refractivity contribution in [2.24, 2.45) is 5.92 Å². The van der Waals surface area contributed by atoms with Gasteiger partial charge in [0, 0.05) is 12.6 Å². The molecule has 1 saturated heterocycles. The molecule has 0 unspecified atom stereocenters. The quantitative estimate of drug-likeness (QED) is 0.625. The molecule has 1 heterocycles. The largest absolute Gasteiger partial charge is 0.315 e. The first-order valence-corrected chi connectivity index (χ1v) is 9.43. The van der Waals surface area contributed by atoms with Crippen molar-refractivity contribution in [3.05, 3.63) is 0 Å². The van der Waals surface area contributed by atoms with Crippen LogP contribution in [-0.4, -0.2) is 58.3 Å². The van der Waals surface area contributed by atoms with Gasteiger partial charge in [0.25, 0.3) is 0 Å². The summed E-state index contributed by atoms with van der Waals surface area (Å²) in [6, 6.07) is 0.467. The maximum absolute atomic E-state index is 11.9. The van der Waals surface area contributed by atoms with Gasteiger partial charge < -0.3 is 10.2 Å². The number of hydrogen-bond donors (Lipinski definition) is 2. The Balaban J connectivity index is 2.11. The molecule has 0 aliphatic carbocycles. The minimum absolute atomic E-state index is 0.249. The van der Waals surface area contributed by atoms with Crippen LogP contribution in [0.25, 0.3) is 0 Å². The highest BCUT2D eigenvalue weighted by molar-refractivity contribution is 7.89. The lowest BCUT2D eigenvalue weighted by Gasteiger charge is -2.28. The second-order valence-electron chi connectivity index (χ2n) is 6.23. The van der Waals surface area contributed by atoms with Crippen LogP contribution in [0.1, 0.15) is 39.5 Å². The number of sulfonamides is 1.